The SMILES string of the molecule is O=C1CCC(c2nccc(/C=C3\SC(=O)NC3=O)n2)CCN1. The van der Waals surface area contributed by atoms with E-state index in [9.17, 15) is 14.4 Å². The van der Waals surface area contributed by atoms with Crippen molar-refractivity contribution in [3.05, 3.63) is 28.7 Å². The number of aromatic nitrogens is 2. The van der Waals surface area contributed by atoms with Crippen LogP contribution in [0, 0.1) is 0 Å². The molecule has 0 radical (unpaired) electrons. The number of thioether (sulfide) groups is 1. The Hall–Kier alpha value is -2.22. The summed E-state index contributed by atoms with van der Waals surface area (Å²) in [6.45, 7) is 0.616. The second-order valence-corrected chi connectivity index (χ2v) is 6.08. The van der Waals surface area contributed by atoms with Gasteiger partial charge in [0, 0.05) is 25.1 Å². The lowest BCUT2D eigenvalue weighted by atomic mass is 9.99. The van der Waals surface area contributed by atoms with Gasteiger partial charge in [0.15, 0.2) is 0 Å². The molecule has 2 fully saturated rings. The highest BCUT2D eigenvalue weighted by Crippen LogP contribution is 2.26. The molecule has 2 saturated heterocycles. The van der Waals surface area contributed by atoms with Crippen LogP contribution in [-0.2, 0) is 9.59 Å². The van der Waals surface area contributed by atoms with E-state index >= 15 is 0 Å². The van der Waals surface area contributed by atoms with Gasteiger partial charge in [-0.3, -0.25) is 19.7 Å². The molecule has 0 spiro atoms. The van der Waals surface area contributed by atoms with Crippen LogP contribution in [0.2, 0.25) is 0 Å². The second-order valence-electron chi connectivity index (χ2n) is 5.07. The Balaban J connectivity index is 1.80. The van der Waals surface area contributed by atoms with Crippen LogP contribution >= 0.6 is 11.8 Å². The molecule has 1 aromatic rings. The van der Waals surface area contributed by atoms with Crippen molar-refractivity contribution in [2.45, 2.75) is 25.2 Å². The maximum Gasteiger partial charge on any atom is 0.290 e. The lowest BCUT2D eigenvalue weighted by Gasteiger charge is -2.11. The van der Waals surface area contributed by atoms with Gasteiger partial charge in [0.2, 0.25) is 5.91 Å². The van der Waals surface area contributed by atoms with Crippen molar-refractivity contribution in [3.8, 4) is 0 Å². The summed E-state index contributed by atoms with van der Waals surface area (Å²) in [6, 6.07) is 1.69. The summed E-state index contributed by atoms with van der Waals surface area (Å²) in [4.78, 5) is 43.2. The zero-order chi connectivity index (χ0) is 15.5. The zero-order valence-electron chi connectivity index (χ0n) is 11.7. The Morgan fingerprint density at radius 2 is 2.14 bits per heavy atom. The average molecular weight is 318 g/mol. The van der Waals surface area contributed by atoms with Crippen molar-refractivity contribution in [2.75, 3.05) is 6.54 Å². The van der Waals surface area contributed by atoms with Crippen molar-refractivity contribution >= 4 is 34.9 Å². The lowest BCUT2D eigenvalue weighted by Crippen LogP contribution is -2.21. The van der Waals surface area contributed by atoms with Gasteiger partial charge in [-0.1, -0.05) is 0 Å². The monoisotopic (exact) mass is 318 g/mol. The first-order chi connectivity index (χ1) is 10.6. The van der Waals surface area contributed by atoms with Crippen molar-refractivity contribution in [1.82, 2.24) is 20.6 Å². The van der Waals surface area contributed by atoms with E-state index in [0.29, 0.717) is 35.8 Å². The molecule has 3 rings (SSSR count). The lowest BCUT2D eigenvalue weighted by molar-refractivity contribution is -0.120. The molecule has 3 heterocycles. The van der Waals surface area contributed by atoms with Gasteiger partial charge >= 0.3 is 0 Å². The Bertz CT molecular complexity index is 674. The molecule has 1 aromatic heterocycles. The predicted molar refractivity (Wildman–Crippen MR) is 80.7 cm³/mol. The van der Waals surface area contributed by atoms with E-state index in [-0.39, 0.29) is 17.1 Å². The molecule has 114 valence electrons. The number of imide groups is 1. The smallest absolute Gasteiger partial charge is 0.290 e. The number of nitrogens with zero attached hydrogens (tertiary/aromatic N) is 2. The van der Waals surface area contributed by atoms with Gasteiger partial charge < -0.3 is 5.32 Å². The molecule has 0 bridgehead atoms. The molecule has 1 atom stereocenters. The highest BCUT2D eigenvalue weighted by Gasteiger charge is 2.25. The van der Waals surface area contributed by atoms with Gasteiger partial charge in [0.1, 0.15) is 5.82 Å². The first-order valence-electron chi connectivity index (χ1n) is 6.96. The fourth-order valence-corrected chi connectivity index (χ4v) is 3.07. The molecule has 3 amide bonds. The Morgan fingerprint density at radius 1 is 1.27 bits per heavy atom. The summed E-state index contributed by atoms with van der Waals surface area (Å²) in [5.41, 5.74) is 0.584. The normalized spacial score (nSPS) is 24.1. The number of hydrogen-bond acceptors (Lipinski definition) is 6. The summed E-state index contributed by atoms with van der Waals surface area (Å²) in [5.74, 6) is 0.433. The van der Waals surface area contributed by atoms with Crippen LogP contribution in [-0.4, -0.2) is 33.6 Å². The van der Waals surface area contributed by atoms with Crippen LogP contribution in [0.3, 0.4) is 0 Å². The minimum Gasteiger partial charge on any atom is -0.356 e. The topological polar surface area (TPSA) is 101 Å². The van der Waals surface area contributed by atoms with E-state index in [0.717, 1.165) is 18.2 Å². The second kappa shape index (κ2) is 6.27. The van der Waals surface area contributed by atoms with Gasteiger partial charge in [-0.15, -0.1) is 0 Å². The highest BCUT2D eigenvalue weighted by atomic mass is 32.2. The van der Waals surface area contributed by atoms with E-state index in [4.69, 9.17) is 0 Å². The highest BCUT2D eigenvalue weighted by molar-refractivity contribution is 8.18. The van der Waals surface area contributed by atoms with E-state index in [1.807, 2.05) is 0 Å². The zero-order valence-corrected chi connectivity index (χ0v) is 12.5. The maximum absolute atomic E-state index is 11.5. The summed E-state index contributed by atoms with van der Waals surface area (Å²) in [7, 11) is 0. The quantitative estimate of drug-likeness (QED) is 0.794. The summed E-state index contributed by atoms with van der Waals surface area (Å²) >= 11 is 0.860. The van der Waals surface area contributed by atoms with Crippen LogP contribution in [0.25, 0.3) is 6.08 Å². The molecule has 7 nitrogen and oxygen atoms in total. The van der Waals surface area contributed by atoms with Gasteiger partial charge in [-0.25, -0.2) is 9.97 Å². The number of nitrogens with one attached hydrogen (secondary N) is 2. The third-order valence-corrected chi connectivity index (χ3v) is 4.33. The Morgan fingerprint density at radius 3 is 2.91 bits per heavy atom. The van der Waals surface area contributed by atoms with Crippen molar-refractivity contribution in [2.24, 2.45) is 0 Å². The Labute approximate surface area is 131 Å². The molecule has 2 N–H and O–H groups in total. The third-order valence-electron chi connectivity index (χ3n) is 3.52. The molecule has 1 unspecified atom stereocenters. The molecule has 2 aliphatic heterocycles. The van der Waals surface area contributed by atoms with Gasteiger partial charge in [-0.2, -0.15) is 0 Å². The molecule has 8 heteroatoms. The van der Waals surface area contributed by atoms with Gasteiger partial charge in [-0.05, 0) is 36.7 Å². The summed E-state index contributed by atoms with van der Waals surface area (Å²) < 4.78 is 0. The molecular formula is C14H14N4O3S. The van der Waals surface area contributed by atoms with E-state index in [2.05, 4.69) is 20.6 Å². The van der Waals surface area contributed by atoms with Crippen molar-refractivity contribution in [3.63, 3.8) is 0 Å². The molecule has 22 heavy (non-hydrogen) atoms. The Kier molecular flexibility index (Phi) is 4.19. The third kappa shape index (κ3) is 3.33. The fourth-order valence-electron chi connectivity index (χ4n) is 2.40. The van der Waals surface area contributed by atoms with E-state index in [1.54, 1.807) is 18.3 Å². The number of carbonyl (C=O) groups is 3. The molecule has 0 aromatic carbocycles. The van der Waals surface area contributed by atoms with Gasteiger partial charge in [0.05, 0.1) is 10.6 Å². The number of hydrogen-bond donors (Lipinski definition) is 2. The standard InChI is InChI=1S/C14H14N4O3S/c19-11-2-1-8(3-5-15-11)12-16-6-4-9(17-12)7-10-13(20)18-14(21)22-10/h4,6-8H,1-3,5H2,(H,15,19)(H,18,20,21)/b10-7-. The molecule has 0 aliphatic carbocycles. The molecular weight excluding hydrogens is 304 g/mol. The summed E-state index contributed by atoms with van der Waals surface area (Å²) in [5, 5.41) is 4.66. The fraction of sp³-hybridized carbons (Fsp3) is 0.357. The predicted octanol–water partition coefficient (Wildman–Crippen LogP) is 1.18. The number of rotatable bonds is 2. The van der Waals surface area contributed by atoms with E-state index < -0.39 is 5.91 Å². The largest absolute Gasteiger partial charge is 0.356 e. The van der Waals surface area contributed by atoms with Crippen molar-refractivity contribution < 1.29 is 14.4 Å². The number of carbonyl (C=O) groups excluding carboxylic acids is 3. The van der Waals surface area contributed by atoms with Crippen molar-refractivity contribution in [1.29, 1.82) is 0 Å². The first-order valence-corrected chi connectivity index (χ1v) is 7.78. The summed E-state index contributed by atoms with van der Waals surface area (Å²) in [6.07, 6.45) is 5.18. The van der Waals surface area contributed by atoms with Gasteiger partial charge in [0.25, 0.3) is 11.1 Å². The van der Waals surface area contributed by atoms with Crippen LogP contribution in [0.5, 0.6) is 0 Å². The first kappa shape index (κ1) is 14.7. The van der Waals surface area contributed by atoms with Crippen LogP contribution in [0.1, 0.15) is 36.7 Å². The molecule has 2 aliphatic rings. The average Bonchev–Trinajstić information content (AvgIpc) is 2.69. The minimum atomic E-state index is -0.403. The molecule has 0 saturated carbocycles. The van der Waals surface area contributed by atoms with Crippen LogP contribution < -0.4 is 10.6 Å². The minimum absolute atomic E-state index is 0.0540. The van der Waals surface area contributed by atoms with Crippen LogP contribution in [0.15, 0.2) is 17.2 Å². The van der Waals surface area contributed by atoms with Crippen LogP contribution in [0.4, 0.5) is 4.79 Å². The van der Waals surface area contributed by atoms with E-state index in [1.165, 1.54) is 0 Å². The maximum atomic E-state index is 11.5. The number of amides is 3.